The molecule has 22 heavy (non-hydrogen) atoms. The minimum Gasteiger partial charge on any atom is -0.459 e. The Morgan fingerprint density at radius 1 is 1.45 bits per heavy atom. The van der Waals surface area contributed by atoms with Crippen LogP contribution in [0.1, 0.15) is 45.1 Å². The van der Waals surface area contributed by atoms with Gasteiger partial charge in [-0.25, -0.2) is 4.79 Å². The zero-order valence-corrected chi connectivity index (χ0v) is 13.7. The molecule has 1 aliphatic heterocycles. The van der Waals surface area contributed by atoms with Crippen LogP contribution in [-0.2, 0) is 14.3 Å². The van der Waals surface area contributed by atoms with E-state index < -0.39 is 5.97 Å². The Bertz CT molecular complexity index is 624. The van der Waals surface area contributed by atoms with Crippen molar-refractivity contribution in [3.8, 4) is 0 Å². The number of nitrogens with one attached hydrogen (secondary N) is 1. The van der Waals surface area contributed by atoms with Crippen LogP contribution in [0.15, 0.2) is 35.5 Å². The van der Waals surface area contributed by atoms with Gasteiger partial charge < -0.3 is 10.1 Å². The molecule has 1 aliphatic rings. The molecule has 0 saturated heterocycles. The third kappa shape index (κ3) is 3.50. The monoisotopic (exact) mass is 321 g/mol. The fourth-order valence-corrected chi connectivity index (χ4v) is 2.79. The van der Waals surface area contributed by atoms with Gasteiger partial charge in [0, 0.05) is 23.1 Å². The highest BCUT2D eigenvalue weighted by Gasteiger charge is 2.34. The van der Waals surface area contributed by atoms with Crippen LogP contribution in [0, 0.1) is 0 Å². The maximum absolute atomic E-state index is 12.5. The van der Waals surface area contributed by atoms with Crippen molar-refractivity contribution in [2.45, 2.75) is 45.6 Å². The molecule has 5 heteroatoms. The summed E-state index contributed by atoms with van der Waals surface area (Å²) in [5.41, 5.74) is 1.79. The average Bonchev–Trinajstić information content (AvgIpc) is 2.46. The van der Waals surface area contributed by atoms with Gasteiger partial charge in [-0.1, -0.05) is 36.7 Å². The van der Waals surface area contributed by atoms with E-state index in [0.717, 1.165) is 12.0 Å². The lowest BCUT2D eigenvalue weighted by Gasteiger charge is -2.28. The largest absolute Gasteiger partial charge is 0.459 e. The molecule has 1 aromatic rings. The van der Waals surface area contributed by atoms with E-state index in [1.54, 1.807) is 13.0 Å². The number of benzene rings is 1. The average molecular weight is 322 g/mol. The van der Waals surface area contributed by atoms with Crippen molar-refractivity contribution in [2.24, 2.45) is 0 Å². The zero-order valence-electron chi connectivity index (χ0n) is 13.0. The van der Waals surface area contributed by atoms with Crippen LogP contribution in [0.2, 0.25) is 5.02 Å². The molecule has 118 valence electrons. The number of ether oxygens (including phenoxy) is 1. The Hall–Kier alpha value is -1.81. The summed E-state index contributed by atoms with van der Waals surface area (Å²) in [5, 5.41) is 3.26. The molecule has 1 heterocycles. The van der Waals surface area contributed by atoms with Gasteiger partial charge in [-0.3, -0.25) is 4.79 Å². The zero-order chi connectivity index (χ0) is 16.3. The topological polar surface area (TPSA) is 55.4 Å². The van der Waals surface area contributed by atoms with E-state index in [4.69, 9.17) is 16.3 Å². The maximum Gasteiger partial charge on any atom is 0.336 e. The summed E-state index contributed by atoms with van der Waals surface area (Å²) < 4.78 is 5.45. The van der Waals surface area contributed by atoms with Crippen LogP contribution >= 0.6 is 11.6 Å². The first kappa shape index (κ1) is 16.6. The highest BCUT2D eigenvalue weighted by Crippen LogP contribution is 2.37. The second-order valence-corrected chi connectivity index (χ2v) is 5.90. The Kier molecular flexibility index (Phi) is 5.24. The molecular weight excluding hydrogens is 302 g/mol. The molecule has 0 fully saturated rings. The molecule has 0 unspecified atom stereocenters. The molecule has 0 bridgehead atoms. The fraction of sp³-hybridized carbons (Fsp3) is 0.412. The minimum absolute atomic E-state index is 0.123. The van der Waals surface area contributed by atoms with Crippen molar-refractivity contribution < 1.29 is 14.3 Å². The lowest BCUT2D eigenvalue weighted by atomic mass is 9.84. The molecule has 0 radical (unpaired) electrons. The van der Waals surface area contributed by atoms with Gasteiger partial charge in [0.25, 0.3) is 0 Å². The smallest absolute Gasteiger partial charge is 0.336 e. The fourth-order valence-electron chi connectivity index (χ4n) is 2.52. The lowest BCUT2D eigenvalue weighted by molar-refractivity contribution is -0.144. The SMILES string of the molecule is CC[C@@H](C)OC(=O)C1=C(C)NC(=O)C[C@H]1c1ccccc1Cl. The number of esters is 1. The van der Waals surface area contributed by atoms with Crippen LogP contribution < -0.4 is 5.32 Å². The highest BCUT2D eigenvalue weighted by atomic mass is 35.5. The van der Waals surface area contributed by atoms with Gasteiger partial charge in [-0.15, -0.1) is 0 Å². The second-order valence-electron chi connectivity index (χ2n) is 5.49. The van der Waals surface area contributed by atoms with E-state index in [1.807, 2.05) is 32.0 Å². The summed E-state index contributed by atoms with van der Waals surface area (Å²) in [6.07, 6.45) is 0.755. The number of rotatable bonds is 4. The van der Waals surface area contributed by atoms with Crippen molar-refractivity contribution >= 4 is 23.5 Å². The van der Waals surface area contributed by atoms with Gasteiger partial charge in [-0.2, -0.15) is 0 Å². The van der Waals surface area contributed by atoms with Crippen molar-refractivity contribution in [3.63, 3.8) is 0 Å². The van der Waals surface area contributed by atoms with Crippen LogP contribution in [0.4, 0.5) is 0 Å². The van der Waals surface area contributed by atoms with E-state index in [2.05, 4.69) is 5.32 Å². The van der Waals surface area contributed by atoms with Crippen LogP contribution in [0.3, 0.4) is 0 Å². The van der Waals surface area contributed by atoms with Crippen LogP contribution in [-0.4, -0.2) is 18.0 Å². The first-order valence-electron chi connectivity index (χ1n) is 7.40. The van der Waals surface area contributed by atoms with Crippen LogP contribution in [0.5, 0.6) is 0 Å². The van der Waals surface area contributed by atoms with Crippen LogP contribution in [0.25, 0.3) is 0 Å². The Morgan fingerprint density at radius 2 is 2.14 bits per heavy atom. The van der Waals surface area contributed by atoms with Crippen molar-refractivity contribution in [2.75, 3.05) is 0 Å². The number of carbonyl (C=O) groups is 2. The molecule has 2 atom stereocenters. The quantitative estimate of drug-likeness (QED) is 0.863. The molecule has 0 saturated carbocycles. The van der Waals surface area contributed by atoms with E-state index >= 15 is 0 Å². The van der Waals surface area contributed by atoms with Gasteiger partial charge in [-0.05, 0) is 31.9 Å². The molecule has 1 N–H and O–H groups in total. The summed E-state index contributed by atoms with van der Waals surface area (Å²) in [6.45, 7) is 5.52. The minimum atomic E-state index is -0.392. The Labute approximate surface area is 135 Å². The van der Waals surface area contributed by atoms with Gasteiger partial charge in [0.1, 0.15) is 0 Å². The molecule has 0 aromatic heterocycles. The summed E-state index contributed by atoms with van der Waals surface area (Å²) in [4.78, 5) is 24.4. The normalized spacial score (nSPS) is 19.6. The maximum atomic E-state index is 12.5. The molecule has 4 nitrogen and oxygen atoms in total. The number of amides is 1. The van der Waals surface area contributed by atoms with E-state index in [-0.39, 0.29) is 24.3 Å². The number of allylic oxidation sites excluding steroid dienone is 1. The second kappa shape index (κ2) is 6.97. The molecule has 2 rings (SSSR count). The molecular formula is C17H20ClNO3. The summed E-state index contributed by atoms with van der Waals surface area (Å²) in [7, 11) is 0. The Balaban J connectivity index is 2.41. The van der Waals surface area contributed by atoms with E-state index in [9.17, 15) is 9.59 Å². The Morgan fingerprint density at radius 3 is 2.77 bits per heavy atom. The predicted molar refractivity (Wildman–Crippen MR) is 85.5 cm³/mol. The van der Waals surface area contributed by atoms with E-state index in [0.29, 0.717) is 16.3 Å². The van der Waals surface area contributed by atoms with Gasteiger partial charge >= 0.3 is 5.97 Å². The standard InChI is InChI=1S/C17H20ClNO3/c1-4-10(2)22-17(21)16-11(3)19-15(20)9-13(16)12-7-5-6-8-14(12)18/h5-8,10,13H,4,9H2,1-3H3,(H,19,20)/t10-,13+/m1/s1. The third-order valence-corrected chi connectivity index (χ3v) is 4.20. The van der Waals surface area contributed by atoms with E-state index in [1.165, 1.54) is 0 Å². The number of hydrogen-bond acceptors (Lipinski definition) is 3. The van der Waals surface area contributed by atoms with Crippen molar-refractivity contribution in [1.29, 1.82) is 0 Å². The van der Waals surface area contributed by atoms with Gasteiger partial charge in [0.2, 0.25) is 5.91 Å². The summed E-state index contributed by atoms with van der Waals surface area (Å²) >= 11 is 6.25. The first-order valence-corrected chi connectivity index (χ1v) is 7.77. The van der Waals surface area contributed by atoms with Gasteiger partial charge in [0.05, 0.1) is 11.7 Å². The van der Waals surface area contributed by atoms with Crippen molar-refractivity contribution in [3.05, 3.63) is 46.1 Å². The molecule has 0 aliphatic carbocycles. The first-order chi connectivity index (χ1) is 10.4. The van der Waals surface area contributed by atoms with Crippen molar-refractivity contribution in [1.82, 2.24) is 5.32 Å². The van der Waals surface area contributed by atoms with Gasteiger partial charge in [0.15, 0.2) is 0 Å². The number of carbonyl (C=O) groups excluding carboxylic acids is 2. The number of halogens is 1. The molecule has 1 aromatic carbocycles. The lowest BCUT2D eigenvalue weighted by Crippen LogP contribution is -2.35. The summed E-state index contributed by atoms with van der Waals surface area (Å²) in [5.74, 6) is -0.890. The summed E-state index contributed by atoms with van der Waals surface area (Å²) in [6, 6.07) is 7.27. The molecule has 1 amide bonds. The third-order valence-electron chi connectivity index (χ3n) is 3.85. The highest BCUT2D eigenvalue weighted by molar-refractivity contribution is 6.31. The number of hydrogen-bond donors (Lipinski definition) is 1. The molecule has 0 spiro atoms. The predicted octanol–water partition coefficient (Wildman–Crippen LogP) is 3.56.